The minimum atomic E-state index is -0.877. The first kappa shape index (κ1) is 12.8. The van der Waals surface area contributed by atoms with E-state index >= 15 is 0 Å². The quantitative estimate of drug-likeness (QED) is 0.775. The maximum Gasteiger partial charge on any atom is 0.340 e. The summed E-state index contributed by atoms with van der Waals surface area (Å²) >= 11 is 5.67. The first-order chi connectivity index (χ1) is 7.20. The van der Waals surface area contributed by atoms with Crippen LogP contribution in [0.2, 0.25) is 5.02 Å². The minimum Gasteiger partial charge on any atom is -0.505 e. The van der Waals surface area contributed by atoms with Crippen molar-refractivity contribution in [2.24, 2.45) is 0 Å². The zero-order chi connectivity index (χ0) is 12.5. The SMILES string of the molecule is CC(C)(C)OC(=O)c1cc(O)c(F)cc1Cl. The molecule has 0 aliphatic rings. The summed E-state index contributed by atoms with van der Waals surface area (Å²) in [6.45, 7) is 5.09. The maximum atomic E-state index is 12.9. The summed E-state index contributed by atoms with van der Waals surface area (Å²) in [5.74, 6) is -2.21. The summed E-state index contributed by atoms with van der Waals surface area (Å²) < 4.78 is 17.9. The maximum absolute atomic E-state index is 12.9. The highest BCUT2D eigenvalue weighted by Gasteiger charge is 2.21. The van der Waals surface area contributed by atoms with Crippen molar-refractivity contribution in [3.63, 3.8) is 0 Å². The molecule has 0 fully saturated rings. The Kier molecular flexibility index (Phi) is 3.43. The van der Waals surface area contributed by atoms with Crippen molar-refractivity contribution >= 4 is 17.6 Å². The van der Waals surface area contributed by atoms with Gasteiger partial charge in [0.15, 0.2) is 11.6 Å². The van der Waals surface area contributed by atoms with Gasteiger partial charge in [0.1, 0.15) is 5.60 Å². The molecule has 0 radical (unpaired) electrons. The Morgan fingerprint density at radius 3 is 2.50 bits per heavy atom. The summed E-state index contributed by atoms with van der Waals surface area (Å²) in [5, 5.41) is 9.04. The smallest absolute Gasteiger partial charge is 0.340 e. The molecule has 0 aliphatic heterocycles. The summed E-state index contributed by atoms with van der Waals surface area (Å²) in [7, 11) is 0. The van der Waals surface area contributed by atoms with Crippen LogP contribution in [0.15, 0.2) is 12.1 Å². The number of rotatable bonds is 1. The Morgan fingerprint density at radius 2 is 2.00 bits per heavy atom. The second-order valence-corrected chi connectivity index (χ2v) is 4.69. The van der Waals surface area contributed by atoms with E-state index < -0.39 is 23.1 Å². The van der Waals surface area contributed by atoms with Gasteiger partial charge in [-0.2, -0.15) is 0 Å². The van der Waals surface area contributed by atoms with Gasteiger partial charge in [-0.25, -0.2) is 9.18 Å². The van der Waals surface area contributed by atoms with Gasteiger partial charge in [0.05, 0.1) is 10.6 Å². The summed E-state index contributed by atoms with van der Waals surface area (Å²) in [5.41, 5.74) is -0.736. The molecule has 0 spiro atoms. The monoisotopic (exact) mass is 246 g/mol. The summed E-state index contributed by atoms with van der Waals surface area (Å²) in [4.78, 5) is 11.6. The van der Waals surface area contributed by atoms with Crippen molar-refractivity contribution in [2.45, 2.75) is 26.4 Å². The molecule has 16 heavy (non-hydrogen) atoms. The predicted molar refractivity (Wildman–Crippen MR) is 58.2 cm³/mol. The molecule has 0 bridgehead atoms. The zero-order valence-electron chi connectivity index (χ0n) is 9.17. The van der Waals surface area contributed by atoms with Gasteiger partial charge < -0.3 is 9.84 Å². The molecule has 0 amide bonds. The normalized spacial score (nSPS) is 11.3. The molecule has 1 rings (SSSR count). The van der Waals surface area contributed by atoms with E-state index in [-0.39, 0.29) is 10.6 Å². The number of phenols is 1. The van der Waals surface area contributed by atoms with Crippen LogP contribution in [0.1, 0.15) is 31.1 Å². The fourth-order valence-electron chi connectivity index (χ4n) is 1.03. The van der Waals surface area contributed by atoms with Crippen LogP contribution in [-0.4, -0.2) is 16.7 Å². The minimum absolute atomic E-state index is 0.0597. The van der Waals surface area contributed by atoms with Crippen LogP contribution < -0.4 is 0 Å². The highest BCUT2D eigenvalue weighted by Crippen LogP contribution is 2.26. The van der Waals surface area contributed by atoms with E-state index in [1.165, 1.54) is 0 Å². The van der Waals surface area contributed by atoms with Gasteiger partial charge in [-0.05, 0) is 32.9 Å². The first-order valence-electron chi connectivity index (χ1n) is 4.62. The molecule has 0 saturated carbocycles. The van der Waals surface area contributed by atoms with Gasteiger partial charge in [0.2, 0.25) is 0 Å². The molecule has 1 N–H and O–H groups in total. The molecule has 1 aromatic carbocycles. The van der Waals surface area contributed by atoms with Crippen molar-refractivity contribution in [1.82, 2.24) is 0 Å². The molecule has 3 nitrogen and oxygen atoms in total. The van der Waals surface area contributed by atoms with Gasteiger partial charge in [0.25, 0.3) is 0 Å². The third-order valence-corrected chi connectivity index (χ3v) is 1.97. The van der Waals surface area contributed by atoms with Crippen molar-refractivity contribution in [1.29, 1.82) is 0 Å². The number of halogens is 2. The Balaban J connectivity index is 3.05. The predicted octanol–water partition coefficient (Wildman–Crippen LogP) is 3.14. The number of carbonyl (C=O) groups is 1. The second kappa shape index (κ2) is 4.29. The van der Waals surface area contributed by atoms with Crippen molar-refractivity contribution in [3.8, 4) is 5.75 Å². The van der Waals surface area contributed by atoms with Crippen LogP contribution in [0.3, 0.4) is 0 Å². The Bertz CT molecular complexity index is 424. The van der Waals surface area contributed by atoms with Crippen LogP contribution in [0.25, 0.3) is 0 Å². The Morgan fingerprint density at radius 1 is 1.44 bits per heavy atom. The standard InChI is InChI=1S/C11H12ClFO3/c1-11(2,3)16-10(15)6-4-9(14)8(13)5-7(6)12/h4-5,14H,1-3H3. The molecule has 88 valence electrons. The molecule has 5 heteroatoms. The Hall–Kier alpha value is -1.29. The lowest BCUT2D eigenvalue weighted by atomic mass is 10.1. The first-order valence-corrected chi connectivity index (χ1v) is 5.00. The second-order valence-electron chi connectivity index (χ2n) is 4.29. The van der Waals surface area contributed by atoms with Gasteiger partial charge in [-0.3, -0.25) is 0 Å². The number of hydrogen-bond acceptors (Lipinski definition) is 3. The lowest BCUT2D eigenvalue weighted by molar-refractivity contribution is 0.00693. The molecular weight excluding hydrogens is 235 g/mol. The molecule has 1 aromatic rings. The van der Waals surface area contributed by atoms with E-state index in [0.29, 0.717) is 0 Å². The third-order valence-electron chi connectivity index (χ3n) is 1.66. The van der Waals surface area contributed by atoms with Crippen molar-refractivity contribution in [2.75, 3.05) is 0 Å². The molecule has 0 heterocycles. The lowest BCUT2D eigenvalue weighted by Gasteiger charge is -2.19. The molecule has 0 atom stereocenters. The van der Waals surface area contributed by atoms with Gasteiger partial charge in [-0.1, -0.05) is 11.6 Å². The van der Waals surface area contributed by atoms with Crippen LogP contribution in [0.4, 0.5) is 4.39 Å². The zero-order valence-corrected chi connectivity index (χ0v) is 9.93. The van der Waals surface area contributed by atoms with E-state index in [0.717, 1.165) is 12.1 Å². The average molecular weight is 247 g/mol. The van der Waals surface area contributed by atoms with Crippen LogP contribution in [-0.2, 0) is 4.74 Å². The molecule has 0 unspecified atom stereocenters. The number of hydrogen-bond donors (Lipinski definition) is 1. The number of aromatic hydroxyl groups is 1. The summed E-state index contributed by atoms with van der Waals surface area (Å²) in [6.07, 6.45) is 0. The largest absolute Gasteiger partial charge is 0.505 e. The van der Waals surface area contributed by atoms with Gasteiger partial charge >= 0.3 is 5.97 Å². The van der Waals surface area contributed by atoms with Crippen LogP contribution in [0, 0.1) is 5.82 Å². The number of esters is 1. The van der Waals surface area contributed by atoms with E-state index in [4.69, 9.17) is 21.4 Å². The van der Waals surface area contributed by atoms with Gasteiger partial charge in [-0.15, -0.1) is 0 Å². The van der Waals surface area contributed by atoms with E-state index in [1.807, 2.05) is 0 Å². The topological polar surface area (TPSA) is 46.5 Å². The number of carbonyl (C=O) groups excluding carboxylic acids is 1. The highest BCUT2D eigenvalue weighted by molar-refractivity contribution is 6.33. The molecular formula is C11H12ClFO3. The van der Waals surface area contributed by atoms with Crippen molar-refractivity contribution in [3.05, 3.63) is 28.5 Å². The fourth-order valence-corrected chi connectivity index (χ4v) is 1.25. The number of benzene rings is 1. The number of ether oxygens (including phenoxy) is 1. The highest BCUT2D eigenvalue weighted by atomic mass is 35.5. The molecule has 0 aromatic heterocycles. The van der Waals surface area contributed by atoms with Crippen LogP contribution in [0.5, 0.6) is 5.75 Å². The molecule has 0 saturated heterocycles. The van der Waals surface area contributed by atoms with E-state index in [9.17, 15) is 9.18 Å². The van der Waals surface area contributed by atoms with E-state index in [1.54, 1.807) is 20.8 Å². The van der Waals surface area contributed by atoms with E-state index in [2.05, 4.69) is 0 Å². The number of phenolic OH excluding ortho intramolecular Hbond substituents is 1. The van der Waals surface area contributed by atoms with Gasteiger partial charge in [0, 0.05) is 0 Å². The fraction of sp³-hybridized carbons (Fsp3) is 0.364. The lowest BCUT2D eigenvalue weighted by Crippen LogP contribution is -2.24. The average Bonchev–Trinajstić information content (AvgIpc) is 2.08. The Labute approximate surface area is 97.8 Å². The third kappa shape index (κ3) is 3.10. The van der Waals surface area contributed by atoms with Crippen molar-refractivity contribution < 1.29 is 19.0 Å². The van der Waals surface area contributed by atoms with Crippen LogP contribution >= 0.6 is 11.6 Å². The summed E-state index contributed by atoms with van der Waals surface area (Å²) in [6, 6.07) is 1.82. The molecule has 0 aliphatic carbocycles.